The largest absolute Gasteiger partial charge is 0.351 e. The normalized spacial score (nSPS) is 21.1. The lowest BCUT2D eigenvalue weighted by Gasteiger charge is -2.33. The van der Waals surface area contributed by atoms with Gasteiger partial charge in [0, 0.05) is 17.6 Å². The number of nitrogens with one attached hydrogen (secondary N) is 1. The van der Waals surface area contributed by atoms with E-state index >= 15 is 0 Å². The number of hydrogen-bond acceptors (Lipinski definition) is 2. The van der Waals surface area contributed by atoms with Gasteiger partial charge in [-0.1, -0.05) is 37.6 Å². The Morgan fingerprint density at radius 1 is 1.19 bits per heavy atom. The summed E-state index contributed by atoms with van der Waals surface area (Å²) in [6, 6.07) is 6.59. The molecule has 0 aliphatic heterocycles. The summed E-state index contributed by atoms with van der Waals surface area (Å²) in [6.07, 6.45) is 4.96. The molecule has 1 N–H and O–H groups in total. The minimum Gasteiger partial charge on any atom is -0.351 e. The first-order valence-electron chi connectivity index (χ1n) is 9.37. The minimum atomic E-state index is -0.683. The van der Waals surface area contributed by atoms with Gasteiger partial charge < -0.3 is 10.2 Å². The van der Waals surface area contributed by atoms with Gasteiger partial charge in [-0.25, -0.2) is 0 Å². The van der Waals surface area contributed by atoms with Crippen LogP contribution < -0.4 is 5.32 Å². The summed E-state index contributed by atoms with van der Waals surface area (Å²) in [4.78, 5) is 27.1. The van der Waals surface area contributed by atoms with Gasteiger partial charge in [-0.2, -0.15) is 0 Å². The third-order valence-corrected chi connectivity index (χ3v) is 5.49. The van der Waals surface area contributed by atoms with Crippen LogP contribution in [0.2, 0.25) is 5.02 Å². The summed E-state index contributed by atoms with van der Waals surface area (Å²) in [5.74, 6) is 0.197. The summed E-state index contributed by atoms with van der Waals surface area (Å²) in [7, 11) is 0. The van der Waals surface area contributed by atoms with Crippen LogP contribution >= 0.6 is 23.2 Å². The molecule has 1 saturated carbocycles. The molecule has 144 valence electrons. The first kappa shape index (κ1) is 21.0. The molecular formula is C20H28Cl2N2O2. The van der Waals surface area contributed by atoms with E-state index in [2.05, 4.69) is 12.2 Å². The quantitative estimate of drug-likeness (QED) is 0.684. The zero-order valence-corrected chi connectivity index (χ0v) is 17.0. The Morgan fingerprint density at radius 2 is 1.81 bits per heavy atom. The molecule has 0 aromatic heterocycles. The highest BCUT2D eigenvalue weighted by Crippen LogP contribution is 2.27. The first-order chi connectivity index (χ1) is 12.5. The third kappa shape index (κ3) is 5.62. The SMILES string of the molecule is CCCN(C(=O)CCl)[C@@H](C(=O)NC1CCC(C)CC1)c1ccc(Cl)cc1. The van der Waals surface area contributed by atoms with Crippen molar-refractivity contribution in [1.29, 1.82) is 0 Å². The molecule has 0 unspecified atom stereocenters. The van der Waals surface area contributed by atoms with Crippen LogP contribution in [-0.4, -0.2) is 35.2 Å². The third-order valence-electron chi connectivity index (χ3n) is 5.01. The number of hydrogen-bond donors (Lipinski definition) is 1. The Labute approximate surface area is 166 Å². The summed E-state index contributed by atoms with van der Waals surface area (Å²) < 4.78 is 0. The minimum absolute atomic E-state index is 0.140. The van der Waals surface area contributed by atoms with Gasteiger partial charge in [-0.3, -0.25) is 9.59 Å². The topological polar surface area (TPSA) is 49.4 Å². The van der Waals surface area contributed by atoms with Crippen molar-refractivity contribution in [3.05, 3.63) is 34.9 Å². The Balaban J connectivity index is 2.24. The highest BCUT2D eigenvalue weighted by atomic mass is 35.5. The number of nitrogens with zero attached hydrogens (tertiary/aromatic N) is 1. The van der Waals surface area contributed by atoms with Crippen LogP contribution in [-0.2, 0) is 9.59 Å². The van der Waals surface area contributed by atoms with Gasteiger partial charge >= 0.3 is 0 Å². The zero-order valence-electron chi connectivity index (χ0n) is 15.5. The Kier molecular flexibility index (Phi) is 8.23. The summed E-state index contributed by atoms with van der Waals surface area (Å²) in [5, 5.41) is 3.76. The van der Waals surface area contributed by atoms with E-state index in [1.54, 1.807) is 29.2 Å². The number of amides is 2. The molecule has 0 radical (unpaired) electrons. The summed E-state index contributed by atoms with van der Waals surface area (Å²) >= 11 is 11.8. The predicted molar refractivity (Wildman–Crippen MR) is 106 cm³/mol. The Bertz CT molecular complexity index is 598. The fraction of sp³-hybridized carbons (Fsp3) is 0.600. The Hall–Kier alpha value is -1.26. The number of halogens is 2. The van der Waals surface area contributed by atoms with Crippen molar-refractivity contribution in [2.24, 2.45) is 5.92 Å². The van der Waals surface area contributed by atoms with Crippen LogP contribution in [0.4, 0.5) is 0 Å². The number of carbonyl (C=O) groups is 2. The molecule has 0 heterocycles. The van der Waals surface area contributed by atoms with Gasteiger partial charge in [0.15, 0.2) is 0 Å². The maximum absolute atomic E-state index is 13.1. The van der Waals surface area contributed by atoms with Crippen molar-refractivity contribution in [2.45, 2.75) is 58.0 Å². The van der Waals surface area contributed by atoms with E-state index in [-0.39, 0.29) is 23.7 Å². The molecule has 0 spiro atoms. The van der Waals surface area contributed by atoms with Gasteiger partial charge in [-0.15, -0.1) is 11.6 Å². The van der Waals surface area contributed by atoms with Crippen molar-refractivity contribution >= 4 is 35.0 Å². The maximum Gasteiger partial charge on any atom is 0.247 e. The van der Waals surface area contributed by atoms with E-state index in [0.29, 0.717) is 17.5 Å². The molecule has 26 heavy (non-hydrogen) atoms. The molecule has 4 nitrogen and oxygen atoms in total. The number of rotatable bonds is 7. The van der Waals surface area contributed by atoms with Gasteiger partial charge in [0.05, 0.1) is 0 Å². The smallest absolute Gasteiger partial charge is 0.247 e. The fourth-order valence-corrected chi connectivity index (χ4v) is 3.80. The molecule has 1 aliphatic rings. The van der Waals surface area contributed by atoms with Crippen LogP contribution in [0.25, 0.3) is 0 Å². The van der Waals surface area contributed by atoms with Gasteiger partial charge in [-0.05, 0) is 55.7 Å². The van der Waals surface area contributed by atoms with Gasteiger partial charge in [0.25, 0.3) is 0 Å². The lowest BCUT2D eigenvalue weighted by Crippen LogP contribution is -2.48. The van der Waals surface area contributed by atoms with E-state index < -0.39 is 6.04 Å². The molecular weight excluding hydrogens is 371 g/mol. The average molecular weight is 399 g/mol. The van der Waals surface area contributed by atoms with Crippen LogP contribution in [0.3, 0.4) is 0 Å². The van der Waals surface area contributed by atoms with Crippen LogP contribution in [0.1, 0.15) is 57.6 Å². The van der Waals surface area contributed by atoms with E-state index in [1.165, 1.54) is 0 Å². The molecule has 0 bridgehead atoms. The molecule has 2 amide bonds. The lowest BCUT2D eigenvalue weighted by atomic mass is 9.87. The molecule has 1 atom stereocenters. The Morgan fingerprint density at radius 3 is 2.35 bits per heavy atom. The molecule has 0 saturated heterocycles. The molecule has 1 aromatic carbocycles. The van der Waals surface area contributed by atoms with Crippen molar-refractivity contribution < 1.29 is 9.59 Å². The van der Waals surface area contributed by atoms with E-state index in [4.69, 9.17) is 23.2 Å². The van der Waals surface area contributed by atoms with Gasteiger partial charge in [0.2, 0.25) is 11.8 Å². The first-order valence-corrected chi connectivity index (χ1v) is 10.3. The van der Waals surface area contributed by atoms with Gasteiger partial charge in [0.1, 0.15) is 11.9 Å². The zero-order chi connectivity index (χ0) is 19.1. The molecule has 1 aromatic rings. The maximum atomic E-state index is 13.1. The second-order valence-electron chi connectivity index (χ2n) is 7.14. The number of alkyl halides is 1. The number of benzene rings is 1. The average Bonchev–Trinajstić information content (AvgIpc) is 2.64. The van der Waals surface area contributed by atoms with Crippen molar-refractivity contribution in [3.63, 3.8) is 0 Å². The monoisotopic (exact) mass is 398 g/mol. The van der Waals surface area contributed by atoms with Crippen LogP contribution in [0, 0.1) is 5.92 Å². The molecule has 1 aliphatic carbocycles. The fourth-order valence-electron chi connectivity index (χ4n) is 3.52. The van der Waals surface area contributed by atoms with Crippen LogP contribution in [0.5, 0.6) is 0 Å². The van der Waals surface area contributed by atoms with E-state index in [9.17, 15) is 9.59 Å². The standard InChI is InChI=1S/C20H28Cl2N2O2/c1-3-12-24(18(25)13-21)19(15-6-8-16(22)9-7-15)20(26)23-17-10-4-14(2)5-11-17/h6-9,14,17,19H,3-5,10-13H2,1-2H3,(H,23,26)/t14?,17?,19-/m1/s1. The predicted octanol–water partition coefficient (Wildman–Crippen LogP) is 4.55. The highest BCUT2D eigenvalue weighted by molar-refractivity contribution is 6.30. The second kappa shape index (κ2) is 10.2. The number of carbonyl (C=O) groups excluding carboxylic acids is 2. The summed E-state index contributed by atoms with van der Waals surface area (Å²) in [6.45, 7) is 4.71. The van der Waals surface area contributed by atoms with E-state index in [0.717, 1.165) is 37.7 Å². The highest BCUT2D eigenvalue weighted by Gasteiger charge is 2.32. The molecule has 6 heteroatoms. The van der Waals surface area contributed by atoms with Crippen LogP contribution in [0.15, 0.2) is 24.3 Å². The summed E-state index contributed by atoms with van der Waals surface area (Å²) in [5.41, 5.74) is 0.753. The molecule has 1 fully saturated rings. The lowest BCUT2D eigenvalue weighted by molar-refractivity contribution is -0.139. The van der Waals surface area contributed by atoms with Crippen molar-refractivity contribution in [2.75, 3.05) is 12.4 Å². The second-order valence-corrected chi connectivity index (χ2v) is 7.84. The van der Waals surface area contributed by atoms with E-state index in [1.807, 2.05) is 6.92 Å². The van der Waals surface area contributed by atoms with Crippen molar-refractivity contribution in [1.82, 2.24) is 10.2 Å². The van der Waals surface area contributed by atoms with Crippen molar-refractivity contribution in [3.8, 4) is 0 Å². The molecule has 2 rings (SSSR count).